The Morgan fingerprint density at radius 1 is 1.40 bits per heavy atom. The standard InChI is InChI=1S/C14H25N5O/c1-19(11-5-3-4-6-11)8-7-16-13-9-12(15)17-14(18-13)10-20-2/h9,11H,3-8,10H2,1-2H3,(H3,15,16,17,18). The van der Waals surface area contributed by atoms with Crippen LogP contribution in [0.2, 0.25) is 0 Å². The maximum absolute atomic E-state index is 5.76. The van der Waals surface area contributed by atoms with E-state index in [1.165, 1.54) is 25.7 Å². The van der Waals surface area contributed by atoms with E-state index >= 15 is 0 Å². The van der Waals surface area contributed by atoms with Crippen LogP contribution < -0.4 is 11.1 Å². The normalized spacial score (nSPS) is 15.9. The third-order valence-electron chi connectivity index (χ3n) is 3.78. The van der Waals surface area contributed by atoms with Crippen LogP contribution in [0.1, 0.15) is 31.5 Å². The quantitative estimate of drug-likeness (QED) is 0.787. The molecule has 6 nitrogen and oxygen atoms in total. The van der Waals surface area contributed by atoms with Gasteiger partial charge in [0.2, 0.25) is 0 Å². The molecule has 1 fully saturated rings. The fourth-order valence-corrected chi connectivity index (χ4v) is 2.69. The highest BCUT2D eigenvalue weighted by Crippen LogP contribution is 2.22. The van der Waals surface area contributed by atoms with Gasteiger partial charge in [0.15, 0.2) is 5.82 Å². The molecule has 1 aliphatic carbocycles. The van der Waals surface area contributed by atoms with Crippen molar-refractivity contribution in [2.75, 3.05) is 38.3 Å². The fourth-order valence-electron chi connectivity index (χ4n) is 2.69. The molecule has 2 rings (SSSR count). The van der Waals surface area contributed by atoms with Crippen LogP contribution in [0.25, 0.3) is 0 Å². The highest BCUT2D eigenvalue weighted by atomic mass is 16.5. The van der Waals surface area contributed by atoms with Crippen LogP contribution in [0, 0.1) is 0 Å². The number of methoxy groups -OCH3 is 1. The molecular weight excluding hydrogens is 254 g/mol. The monoisotopic (exact) mass is 279 g/mol. The second kappa shape index (κ2) is 7.40. The number of nitrogens with two attached hydrogens (primary N) is 1. The van der Waals surface area contributed by atoms with Gasteiger partial charge in [-0.1, -0.05) is 12.8 Å². The zero-order chi connectivity index (χ0) is 14.4. The molecule has 0 atom stereocenters. The van der Waals surface area contributed by atoms with Gasteiger partial charge in [-0.15, -0.1) is 0 Å². The first-order valence-electron chi connectivity index (χ1n) is 7.25. The van der Waals surface area contributed by atoms with Crippen LogP contribution in [0.5, 0.6) is 0 Å². The number of ether oxygens (including phenoxy) is 1. The first-order chi connectivity index (χ1) is 9.69. The maximum Gasteiger partial charge on any atom is 0.158 e. The minimum absolute atomic E-state index is 0.377. The fraction of sp³-hybridized carbons (Fsp3) is 0.714. The molecule has 1 aromatic heterocycles. The van der Waals surface area contributed by atoms with E-state index in [1.54, 1.807) is 13.2 Å². The van der Waals surface area contributed by atoms with Crippen molar-refractivity contribution < 1.29 is 4.74 Å². The molecule has 20 heavy (non-hydrogen) atoms. The van der Waals surface area contributed by atoms with Crippen molar-refractivity contribution in [1.29, 1.82) is 0 Å². The summed E-state index contributed by atoms with van der Waals surface area (Å²) < 4.78 is 5.03. The first kappa shape index (κ1) is 15.0. The molecule has 0 unspecified atom stereocenters. The van der Waals surface area contributed by atoms with Gasteiger partial charge >= 0.3 is 0 Å². The Labute approximate surface area is 120 Å². The van der Waals surface area contributed by atoms with Gasteiger partial charge in [0, 0.05) is 32.3 Å². The SMILES string of the molecule is COCc1nc(N)cc(NCCN(C)C2CCCC2)n1. The second-order valence-corrected chi connectivity index (χ2v) is 5.37. The Balaban J connectivity index is 1.80. The van der Waals surface area contributed by atoms with E-state index in [4.69, 9.17) is 10.5 Å². The van der Waals surface area contributed by atoms with Crippen LogP contribution in [0.15, 0.2) is 6.07 Å². The number of hydrogen-bond donors (Lipinski definition) is 2. The number of nitrogens with zero attached hydrogens (tertiary/aromatic N) is 3. The van der Waals surface area contributed by atoms with Crippen molar-refractivity contribution in [3.63, 3.8) is 0 Å². The van der Waals surface area contributed by atoms with Crippen molar-refractivity contribution in [1.82, 2.24) is 14.9 Å². The van der Waals surface area contributed by atoms with Gasteiger partial charge < -0.3 is 20.7 Å². The lowest BCUT2D eigenvalue weighted by atomic mass is 10.2. The third kappa shape index (κ3) is 4.31. The van der Waals surface area contributed by atoms with E-state index in [2.05, 4.69) is 27.2 Å². The van der Waals surface area contributed by atoms with Crippen LogP contribution >= 0.6 is 0 Å². The zero-order valence-corrected chi connectivity index (χ0v) is 12.4. The topological polar surface area (TPSA) is 76.3 Å². The highest BCUT2D eigenvalue weighted by molar-refractivity contribution is 5.44. The summed E-state index contributed by atoms with van der Waals surface area (Å²) >= 11 is 0. The molecule has 1 saturated carbocycles. The minimum Gasteiger partial charge on any atom is -0.384 e. The van der Waals surface area contributed by atoms with Crippen molar-refractivity contribution in [3.8, 4) is 0 Å². The summed E-state index contributed by atoms with van der Waals surface area (Å²) in [5.41, 5.74) is 5.76. The van der Waals surface area contributed by atoms with Gasteiger partial charge in [-0.25, -0.2) is 9.97 Å². The van der Waals surface area contributed by atoms with Gasteiger partial charge in [-0.3, -0.25) is 0 Å². The lowest BCUT2D eigenvalue weighted by molar-refractivity contribution is 0.178. The molecule has 112 valence electrons. The van der Waals surface area contributed by atoms with Crippen molar-refractivity contribution >= 4 is 11.6 Å². The van der Waals surface area contributed by atoms with Crippen molar-refractivity contribution in [3.05, 3.63) is 11.9 Å². The molecule has 0 aromatic carbocycles. The molecule has 1 aliphatic rings. The minimum atomic E-state index is 0.377. The molecule has 0 radical (unpaired) electrons. The summed E-state index contributed by atoms with van der Waals surface area (Å²) in [6, 6.07) is 2.51. The van der Waals surface area contributed by atoms with Gasteiger partial charge in [-0.2, -0.15) is 0 Å². The van der Waals surface area contributed by atoms with Crippen LogP contribution in [0.3, 0.4) is 0 Å². The Hall–Kier alpha value is -1.40. The molecule has 1 aromatic rings. The maximum atomic E-state index is 5.76. The van der Waals surface area contributed by atoms with Gasteiger partial charge in [0.1, 0.15) is 18.2 Å². The summed E-state index contributed by atoms with van der Waals surface area (Å²) in [6.07, 6.45) is 5.39. The van der Waals surface area contributed by atoms with E-state index in [1.807, 2.05) is 0 Å². The average Bonchev–Trinajstić information content (AvgIpc) is 2.92. The van der Waals surface area contributed by atoms with Crippen LogP contribution in [-0.2, 0) is 11.3 Å². The Bertz CT molecular complexity index is 420. The first-order valence-corrected chi connectivity index (χ1v) is 7.25. The predicted molar refractivity (Wildman–Crippen MR) is 80.5 cm³/mol. The number of nitrogens with one attached hydrogen (secondary N) is 1. The highest BCUT2D eigenvalue weighted by Gasteiger charge is 2.18. The van der Waals surface area contributed by atoms with Gasteiger partial charge in [0.05, 0.1) is 0 Å². The smallest absolute Gasteiger partial charge is 0.158 e. The predicted octanol–water partition coefficient (Wildman–Crippen LogP) is 1.49. The number of hydrogen-bond acceptors (Lipinski definition) is 6. The lowest BCUT2D eigenvalue weighted by Crippen LogP contribution is -2.33. The molecular formula is C14H25N5O. The molecule has 0 saturated heterocycles. The number of likely N-dealkylation sites (N-methyl/N-ethyl adjacent to an activating group) is 1. The van der Waals surface area contributed by atoms with Crippen molar-refractivity contribution in [2.24, 2.45) is 0 Å². The number of aromatic nitrogens is 2. The summed E-state index contributed by atoms with van der Waals surface area (Å²) in [5, 5.41) is 3.31. The Morgan fingerprint density at radius 3 is 2.85 bits per heavy atom. The molecule has 1 heterocycles. The van der Waals surface area contributed by atoms with E-state index in [0.29, 0.717) is 18.2 Å². The summed E-state index contributed by atoms with van der Waals surface area (Å²) in [5.74, 6) is 1.85. The Morgan fingerprint density at radius 2 is 2.15 bits per heavy atom. The molecule has 0 amide bonds. The van der Waals surface area contributed by atoms with Gasteiger partial charge in [-0.05, 0) is 19.9 Å². The molecule has 0 spiro atoms. The second-order valence-electron chi connectivity index (χ2n) is 5.37. The third-order valence-corrected chi connectivity index (χ3v) is 3.78. The zero-order valence-electron chi connectivity index (χ0n) is 12.4. The largest absolute Gasteiger partial charge is 0.384 e. The summed E-state index contributed by atoms with van der Waals surface area (Å²) in [6.45, 7) is 2.24. The van der Waals surface area contributed by atoms with Crippen LogP contribution in [-0.4, -0.2) is 48.2 Å². The number of rotatable bonds is 7. The molecule has 3 N–H and O–H groups in total. The molecule has 0 bridgehead atoms. The summed E-state index contributed by atoms with van der Waals surface area (Å²) in [4.78, 5) is 10.9. The van der Waals surface area contributed by atoms with E-state index in [9.17, 15) is 0 Å². The van der Waals surface area contributed by atoms with Crippen molar-refractivity contribution in [2.45, 2.75) is 38.3 Å². The number of nitrogen functional groups attached to an aromatic ring is 1. The van der Waals surface area contributed by atoms with E-state index in [0.717, 1.165) is 24.9 Å². The molecule has 0 aliphatic heterocycles. The average molecular weight is 279 g/mol. The summed E-state index contributed by atoms with van der Waals surface area (Å²) in [7, 11) is 3.82. The van der Waals surface area contributed by atoms with Gasteiger partial charge in [0.25, 0.3) is 0 Å². The molecule has 6 heteroatoms. The van der Waals surface area contributed by atoms with E-state index in [-0.39, 0.29) is 0 Å². The number of anilines is 2. The lowest BCUT2D eigenvalue weighted by Gasteiger charge is -2.24. The van der Waals surface area contributed by atoms with Crippen LogP contribution in [0.4, 0.5) is 11.6 Å². The van der Waals surface area contributed by atoms with E-state index < -0.39 is 0 Å². The Kier molecular flexibility index (Phi) is 5.55.